The van der Waals surface area contributed by atoms with Gasteiger partial charge < -0.3 is 9.64 Å². The summed E-state index contributed by atoms with van der Waals surface area (Å²) in [5.41, 5.74) is 0. The lowest BCUT2D eigenvalue weighted by Gasteiger charge is -2.33. The second kappa shape index (κ2) is 7.92. The summed E-state index contributed by atoms with van der Waals surface area (Å²) in [6.07, 6.45) is 1.90. The zero-order chi connectivity index (χ0) is 15.2. The van der Waals surface area contributed by atoms with Crippen LogP contribution in [-0.4, -0.2) is 70.0 Å². The molecule has 1 N–H and O–H groups in total. The van der Waals surface area contributed by atoms with Crippen molar-refractivity contribution in [3.8, 4) is 0 Å². The fourth-order valence-electron chi connectivity index (χ4n) is 2.21. The molecular formula is C12H25N3O4S. The first-order chi connectivity index (χ1) is 9.39. The molecule has 20 heavy (non-hydrogen) atoms. The molecule has 1 aliphatic rings. The number of hydrogen-bond acceptors (Lipinski definition) is 5. The molecule has 1 fully saturated rings. The Kier molecular flexibility index (Phi) is 6.87. The summed E-state index contributed by atoms with van der Waals surface area (Å²) in [5.74, 6) is -0.415. The van der Waals surface area contributed by atoms with E-state index in [0.29, 0.717) is 0 Å². The molecule has 1 atom stereocenters. The third kappa shape index (κ3) is 5.35. The van der Waals surface area contributed by atoms with Crippen molar-refractivity contribution in [1.29, 1.82) is 0 Å². The van der Waals surface area contributed by atoms with Crippen LogP contribution in [0.2, 0.25) is 0 Å². The van der Waals surface area contributed by atoms with Crippen LogP contribution in [0.4, 0.5) is 0 Å². The highest BCUT2D eigenvalue weighted by Crippen LogP contribution is 2.11. The van der Waals surface area contributed by atoms with Gasteiger partial charge in [0, 0.05) is 26.2 Å². The van der Waals surface area contributed by atoms with Gasteiger partial charge in [0.05, 0.1) is 13.5 Å². The Morgan fingerprint density at radius 2 is 2.20 bits per heavy atom. The minimum atomic E-state index is -3.55. The number of carbonyl (C=O) groups excluding carboxylic acids is 1. The molecule has 0 amide bonds. The van der Waals surface area contributed by atoms with Crippen LogP contribution in [0.1, 0.15) is 26.2 Å². The van der Waals surface area contributed by atoms with Gasteiger partial charge in [0.1, 0.15) is 0 Å². The number of carbonyl (C=O) groups is 1. The number of piperidine rings is 1. The SMILES string of the molecule is CCN1CCCC(NS(=O)(=O)N(C)CCC(=O)OC)C1. The van der Waals surface area contributed by atoms with Gasteiger partial charge in [0.2, 0.25) is 0 Å². The molecule has 1 rings (SSSR count). The monoisotopic (exact) mass is 307 g/mol. The average Bonchev–Trinajstić information content (AvgIpc) is 2.43. The van der Waals surface area contributed by atoms with Gasteiger partial charge in [-0.05, 0) is 25.9 Å². The Labute approximate surface area is 121 Å². The zero-order valence-corrected chi connectivity index (χ0v) is 13.3. The van der Waals surface area contributed by atoms with E-state index >= 15 is 0 Å². The Morgan fingerprint density at radius 1 is 1.50 bits per heavy atom. The second-order valence-corrected chi connectivity index (χ2v) is 6.81. The van der Waals surface area contributed by atoms with Crippen molar-refractivity contribution in [2.24, 2.45) is 0 Å². The molecule has 1 saturated heterocycles. The van der Waals surface area contributed by atoms with E-state index in [-0.39, 0.29) is 19.0 Å². The molecule has 0 aromatic rings. The van der Waals surface area contributed by atoms with E-state index in [2.05, 4.69) is 21.3 Å². The Balaban J connectivity index is 2.49. The summed E-state index contributed by atoms with van der Waals surface area (Å²) in [4.78, 5) is 13.3. The number of nitrogens with zero attached hydrogens (tertiary/aromatic N) is 2. The number of ether oxygens (including phenoxy) is 1. The number of methoxy groups -OCH3 is 1. The second-order valence-electron chi connectivity index (χ2n) is 5.00. The lowest BCUT2D eigenvalue weighted by molar-refractivity contribution is -0.140. The van der Waals surface area contributed by atoms with Crippen molar-refractivity contribution in [1.82, 2.24) is 13.9 Å². The van der Waals surface area contributed by atoms with Crippen molar-refractivity contribution in [2.75, 3.05) is 40.3 Å². The quantitative estimate of drug-likeness (QED) is 0.659. The molecule has 8 heteroatoms. The van der Waals surface area contributed by atoms with Crippen molar-refractivity contribution >= 4 is 16.2 Å². The molecule has 0 radical (unpaired) electrons. The number of likely N-dealkylation sites (tertiary alicyclic amines) is 1. The fourth-order valence-corrected chi connectivity index (χ4v) is 3.34. The third-order valence-electron chi connectivity index (χ3n) is 3.54. The molecule has 0 aromatic carbocycles. The highest BCUT2D eigenvalue weighted by Gasteiger charge is 2.26. The van der Waals surface area contributed by atoms with Crippen LogP contribution in [0.3, 0.4) is 0 Å². The Hall–Kier alpha value is -0.700. The summed E-state index contributed by atoms with van der Waals surface area (Å²) >= 11 is 0. The van der Waals surface area contributed by atoms with Gasteiger partial charge in [-0.1, -0.05) is 6.92 Å². The molecule has 7 nitrogen and oxygen atoms in total. The molecule has 1 heterocycles. The number of hydrogen-bond donors (Lipinski definition) is 1. The van der Waals surface area contributed by atoms with Gasteiger partial charge in [0.15, 0.2) is 0 Å². The van der Waals surface area contributed by atoms with E-state index < -0.39 is 16.2 Å². The van der Waals surface area contributed by atoms with E-state index in [0.717, 1.165) is 36.8 Å². The average molecular weight is 307 g/mol. The van der Waals surface area contributed by atoms with Crippen molar-refractivity contribution in [3.05, 3.63) is 0 Å². The van der Waals surface area contributed by atoms with Gasteiger partial charge >= 0.3 is 5.97 Å². The van der Waals surface area contributed by atoms with Crippen LogP contribution in [0.15, 0.2) is 0 Å². The minimum Gasteiger partial charge on any atom is -0.469 e. The first-order valence-electron chi connectivity index (χ1n) is 6.91. The van der Waals surface area contributed by atoms with Crippen LogP contribution in [0.25, 0.3) is 0 Å². The van der Waals surface area contributed by atoms with Crippen LogP contribution in [-0.2, 0) is 19.7 Å². The van der Waals surface area contributed by atoms with E-state index in [1.807, 2.05) is 0 Å². The molecule has 1 unspecified atom stereocenters. The maximum absolute atomic E-state index is 12.1. The zero-order valence-electron chi connectivity index (χ0n) is 12.5. The van der Waals surface area contributed by atoms with Crippen LogP contribution < -0.4 is 4.72 Å². The molecule has 0 aliphatic carbocycles. The van der Waals surface area contributed by atoms with Gasteiger partial charge in [-0.3, -0.25) is 4.79 Å². The highest BCUT2D eigenvalue weighted by atomic mass is 32.2. The normalized spacial score (nSPS) is 21.1. The summed E-state index contributed by atoms with van der Waals surface area (Å²) in [6.45, 7) is 4.87. The maximum Gasteiger partial charge on any atom is 0.306 e. The number of likely N-dealkylation sites (N-methyl/N-ethyl adjacent to an activating group) is 1. The van der Waals surface area contributed by atoms with Crippen molar-refractivity contribution in [2.45, 2.75) is 32.2 Å². The molecule has 1 aliphatic heterocycles. The largest absolute Gasteiger partial charge is 0.469 e. The van der Waals surface area contributed by atoms with Crippen LogP contribution >= 0.6 is 0 Å². The molecule has 0 saturated carbocycles. The summed E-state index contributed by atoms with van der Waals surface area (Å²) in [5, 5.41) is 0. The van der Waals surface area contributed by atoms with Crippen molar-refractivity contribution in [3.63, 3.8) is 0 Å². The smallest absolute Gasteiger partial charge is 0.306 e. The first-order valence-corrected chi connectivity index (χ1v) is 8.35. The predicted octanol–water partition coefficient (Wildman–Crippen LogP) is -0.200. The van der Waals surface area contributed by atoms with E-state index in [4.69, 9.17) is 0 Å². The van der Waals surface area contributed by atoms with Crippen molar-refractivity contribution < 1.29 is 17.9 Å². The predicted molar refractivity (Wildman–Crippen MR) is 76.5 cm³/mol. The molecule has 0 aromatic heterocycles. The molecule has 118 valence electrons. The van der Waals surface area contributed by atoms with E-state index in [9.17, 15) is 13.2 Å². The fraction of sp³-hybridized carbons (Fsp3) is 0.917. The molecule has 0 spiro atoms. The summed E-state index contributed by atoms with van der Waals surface area (Å²) < 4.78 is 32.6. The number of esters is 1. The minimum absolute atomic E-state index is 0.0552. The summed E-state index contributed by atoms with van der Waals surface area (Å²) in [6, 6.07) is -0.0609. The van der Waals surface area contributed by atoms with Crippen LogP contribution in [0, 0.1) is 0 Å². The lowest BCUT2D eigenvalue weighted by Crippen LogP contribution is -2.51. The number of nitrogens with one attached hydrogen (secondary N) is 1. The highest BCUT2D eigenvalue weighted by molar-refractivity contribution is 7.87. The lowest BCUT2D eigenvalue weighted by atomic mass is 10.1. The maximum atomic E-state index is 12.1. The Bertz CT molecular complexity index is 413. The van der Waals surface area contributed by atoms with E-state index in [1.165, 1.54) is 14.2 Å². The third-order valence-corrected chi connectivity index (χ3v) is 5.17. The van der Waals surface area contributed by atoms with Gasteiger partial charge in [-0.25, -0.2) is 0 Å². The molecule has 0 bridgehead atoms. The van der Waals surface area contributed by atoms with Gasteiger partial charge in [-0.15, -0.1) is 0 Å². The standard InChI is InChI=1S/C12H25N3O4S/c1-4-15-8-5-6-11(10-15)13-20(17,18)14(2)9-7-12(16)19-3/h11,13H,4-10H2,1-3H3. The van der Waals surface area contributed by atoms with E-state index in [1.54, 1.807) is 0 Å². The Morgan fingerprint density at radius 3 is 2.80 bits per heavy atom. The summed E-state index contributed by atoms with van der Waals surface area (Å²) in [7, 11) is -0.794. The topological polar surface area (TPSA) is 79.0 Å². The van der Waals surface area contributed by atoms with Gasteiger partial charge in [0.25, 0.3) is 10.2 Å². The van der Waals surface area contributed by atoms with Gasteiger partial charge in [-0.2, -0.15) is 17.4 Å². The first kappa shape index (κ1) is 17.4. The van der Waals surface area contributed by atoms with Crippen LogP contribution in [0.5, 0.6) is 0 Å². The number of rotatable bonds is 7. The molecular weight excluding hydrogens is 282 g/mol.